The number of nitrogens with zero attached hydrogens (tertiary/aromatic N) is 3. The van der Waals surface area contributed by atoms with E-state index in [9.17, 15) is 18.4 Å². The van der Waals surface area contributed by atoms with Gasteiger partial charge >= 0.3 is 6.03 Å². The Morgan fingerprint density at radius 2 is 1.97 bits per heavy atom. The number of aromatic nitrogens is 1. The standard InChI is InChI=1S/C23H28F2N4O2S/c1-3-23(21(30)29(22(31)27-23)11-8-20-15(2)26-14-32-20)17-6-9-28(10-7-17)13-16-4-5-18(24)19(25)12-16/h4-5,12,14,17H,3,6-11,13H2,1-2H3,(H,27,31)/t23-/m1/s1. The zero-order chi connectivity index (χ0) is 22.9. The monoisotopic (exact) mass is 462 g/mol. The SMILES string of the molecule is CC[C@]1(C2CCN(Cc3ccc(F)c(F)c3)CC2)NC(=O)N(CCc2scnc2C)C1=O. The van der Waals surface area contributed by atoms with Gasteiger partial charge in [-0.15, -0.1) is 11.3 Å². The lowest BCUT2D eigenvalue weighted by molar-refractivity contribution is -0.134. The second kappa shape index (κ2) is 9.23. The summed E-state index contributed by atoms with van der Waals surface area (Å²) < 4.78 is 26.7. The number of rotatable bonds is 7. The van der Waals surface area contributed by atoms with Crippen molar-refractivity contribution in [2.24, 2.45) is 5.92 Å². The fourth-order valence-corrected chi connectivity index (χ4v) is 5.68. The zero-order valence-corrected chi connectivity index (χ0v) is 19.2. The highest BCUT2D eigenvalue weighted by atomic mass is 32.1. The molecule has 0 bridgehead atoms. The first kappa shape index (κ1) is 22.8. The van der Waals surface area contributed by atoms with Crippen LogP contribution in [0.4, 0.5) is 13.6 Å². The largest absolute Gasteiger partial charge is 0.325 e. The number of thiazole rings is 1. The molecular weight excluding hydrogens is 434 g/mol. The molecule has 1 atom stereocenters. The molecule has 4 rings (SSSR count). The number of halogens is 2. The van der Waals surface area contributed by atoms with E-state index in [0.29, 0.717) is 25.9 Å². The van der Waals surface area contributed by atoms with Crippen LogP contribution >= 0.6 is 11.3 Å². The number of amides is 3. The fraction of sp³-hybridized carbons (Fsp3) is 0.522. The Morgan fingerprint density at radius 1 is 1.22 bits per heavy atom. The van der Waals surface area contributed by atoms with E-state index < -0.39 is 17.2 Å². The van der Waals surface area contributed by atoms with Crippen LogP contribution in [0.2, 0.25) is 0 Å². The second-order valence-corrected chi connectivity index (χ2v) is 9.56. The van der Waals surface area contributed by atoms with E-state index in [0.717, 1.165) is 48.1 Å². The van der Waals surface area contributed by atoms with Gasteiger partial charge < -0.3 is 5.32 Å². The Bertz CT molecular complexity index is 1010. The molecule has 0 saturated carbocycles. The molecule has 0 unspecified atom stereocenters. The highest BCUT2D eigenvalue weighted by Gasteiger charge is 2.54. The van der Waals surface area contributed by atoms with Crippen molar-refractivity contribution in [3.63, 3.8) is 0 Å². The molecule has 6 nitrogen and oxygen atoms in total. The van der Waals surface area contributed by atoms with E-state index in [4.69, 9.17) is 0 Å². The average Bonchev–Trinajstić information content (AvgIpc) is 3.30. The van der Waals surface area contributed by atoms with Crippen LogP contribution in [0.5, 0.6) is 0 Å². The molecule has 2 aliphatic rings. The maximum atomic E-state index is 13.5. The molecular formula is C23H28F2N4O2S. The Balaban J connectivity index is 1.38. The lowest BCUT2D eigenvalue weighted by Crippen LogP contribution is -2.55. The van der Waals surface area contributed by atoms with E-state index in [2.05, 4.69) is 15.2 Å². The average molecular weight is 463 g/mol. The molecule has 1 N–H and O–H groups in total. The van der Waals surface area contributed by atoms with Gasteiger partial charge in [-0.1, -0.05) is 13.0 Å². The maximum Gasteiger partial charge on any atom is 0.325 e. The predicted molar refractivity (Wildman–Crippen MR) is 118 cm³/mol. The summed E-state index contributed by atoms with van der Waals surface area (Å²) in [7, 11) is 0. The van der Waals surface area contributed by atoms with Gasteiger partial charge in [-0.3, -0.25) is 14.6 Å². The minimum atomic E-state index is -0.867. The summed E-state index contributed by atoms with van der Waals surface area (Å²) in [6.07, 6.45) is 2.67. The third-order valence-electron chi connectivity index (χ3n) is 6.84. The van der Waals surface area contributed by atoms with Crippen molar-refractivity contribution in [1.29, 1.82) is 0 Å². The Morgan fingerprint density at radius 3 is 2.59 bits per heavy atom. The molecule has 9 heteroatoms. The second-order valence-electron chi connectivity index (χ2n) is 8.62. The van der Waals surface area contributed by atoms with Crippen molar-refractivity contribution in [2.45, 2.75) is 51.6 Å². The van der Waals surface area contributed by atoms with Crippen LogP contribution in [0.1, 0.15) is 42.3 Å². The number of nitrogens with one attached hydrogen (secondary N) is 1. The molecule has 2 saturated heterocycles. The molecule has 1 aromatic heterocycles. The van der Waals surface area contributed by atoms with Gasteiger partial charge in [0.25, 0.3) is 5.91 Å². The quantitative estimate of drug-likeness (QED) is 0.634. The van der Waals surface area contributed by atoms with E-state index in [1.165, 1.54) is 11.0 Å². The molecule has 3 heterocycles. The van der Waals surface area contributed by atoms with E-state index in [1.54, 1.807) is 22.9 Å². The molecule has 2 aromatic rings. The number of carbonyl (C=O) groups excluding carboxylic acids is 2. The highest BCUT2D eigenvalue weighted by Crippen LogP contribution is 2.36. The minimum Gasteiger partial charge on any atom is -0.323 e. The molecule has 0 aliphatic carbocycles. The lowest BCUT2D eigenvalue weighted by Gasteiger charge is -2.40. The molecule has 2 aliphatic heterocycles. The molecule has 32 heavy (non-hydrogen) atoms. The molecule has 3 amide bonds. The van der Waals surface area contributed by atoms with E-state index >= 15 is 0 Å². The first-order chi connectivity index (χ1) is 15.3. The van der Waals surface area contributed by atoms with Crippen molar-refractivity contribution in [2.75, 3.05) is 19.6 Å². The summed E-state index contributed by atoms with van der Waals surface area (Å²) in [5, 5.41) is 3.03. The van der Waals surface area contributed by atoms with Gasteiger partial charge in [-0.05, 0) is 62.9 Å². The van der Waals surface area contributed by atoms with E-state index in [1.807, 2.05) is 13.8 Å². The van der Waals surface area contributed by atoms with Crippen LogP contribution in [0, 0.1) is 24.5 Å². The zero-order valence-electron chi connectivity index (χ0n) is 18.4. The van der Waals surface area contributed by atoms with Crippen LogP contribution in [0.25, 0.3) is 0 Å². The summed E-state index contributed by atoms with van der Waals surface area (Å²) in [6.45, 7) is 6.22. The first-order valence-corrected chi connectivity index (χ1v) is 11.9. The topological polar surface area (TPSA) is 65.5 Å². The minimum absolute atomic E-state index is 0.0419. The van der Waals surface area contributed by atoms with Gasteiger partial charge in [-0.25, -0.2) is 18.6 Å². The lowest BCUT2D eigenvalue weighted by atomic mass is 9.75. The van der Waals surface area contributed by atoms with Gasteiger partial charge in [0, 0.05) is 24.4 Å². The number of hydrogen-bond acceptors (Lipinski definition) is 5. The van der Waals surface area contributed by atoms with Crippen molar-refractivity contribution in [3.05, 3.63) is 51.5 Å². The van der Waals surface area contributed by atoms with Crippen molar-refractivity contribution < 1.29 is 18.4 Å². The number of aryl methyl sites for hydroxylation is 1. The van der Waals surface area contributed by atoms with Crippen molar-refractivity contribution in [1.82, 2.24) is 20.1 Å². The number of benzene rings is 1. The Kier molecular flexibility index (Phi) is 6.57. The highest BCUT2D eigenvalue weighted by molar-refractivity contribution is 7.09. The van der Waals surface area contributed by atoms with Gasteiger partial charge in [0.05, 0.1) is 11.2 Å². The summed E-state index contributed by atoms with van der Waals surface area (Å²) >= 11 is 1.54. The number of carbonyl (C=O) groups is 2. The van der Waals surface area contributed by atoms with Gasteiger partial charge in [0.1, 0.15) is 5.54 Å². The number of urea groups is 1. The van der Waals surface area contributed by atoms with Gasteiger partial charge in [-0.2, -0.15) is 0 Å². The van der Waals surface area contributed by atoms with Crippen LogP contribution in [0.15, 0.2) is 23.7 Å². The number of likely N-dealkylation sites (tertiary alicyclic amines) is 1. The smallest absolute Gasteiger partial charge is 0.323 e. The van der Waals surface area contributed by atoms with E-state index in [-0.39, 0.29) is 17.9 Å². The molecule has 1 aromatic carbocycles. The van der Waals surface area contributed by atoms with Crippen LogP contribution < -0.4 is 5.32 Å². The summed E-state index contributed by atoms with van der Waals surface area (Å²) in [4.78, 5) is 35.0. The molecule has 0 radical (unpaired) electrons. The summed E-state index contributed by atoms with van der Waals surface area (Å²) in [5.41, 5.74) is 2.58. The Labute approximate surface area is 190 Å². The van der Waals surface area contributed by atoms with Crippen LogP contribution in [-0.4, -0.2) is 51.9 Å². The predicted octanol–water partition coefficient (Wildman–Crippen LogP) is 3.89. The first-order valence-electron chi connectivity index (χ1n) is 11.0. The number of piperidine rings is 1. The normalized spacial score (nSPS) is 22.6. The molecule has 172 valence electrons. The number of hydrogen-bond donors (Lipinski definition) is 1. The van der Waals surface area contributed by atoms with Crippen LogP contribution in [0.3, 0.4) is 0 Å². The van der Waals surface area contributed by atoms with Gasteiger partial charge in [0.15, 0.2) is 11.6 Å². The number of imide groups is 1. The van der Waals surface area contributed by atoms with Crippen molar-refractivity contribution in [3.8, 4) is 0 Å². The van der Waals surface area contributed by atoms with Gasteiger partial charge in [0.2, 0.25) is 0 Å². The third-order valence-corrected chi connectivity index (χ3v) is 7.84. The molecule has 2 fully saturated rings. The van der Waals surface area contributed by atoms with Crippen LogP contribution in [-0.2, 0) is 17.8 Å². The third kappa shape index (κ3) is 4.28. The maximum absolute atomic E-state index is 13.5. The van der Waals surface area contributed by atoms with Crippen molar-refractivity contribution >= 4 is 23.3 Å². The summed E-state index contributed by atoms with van der Waals surface area (Å²) in [6, 6.07) is 3.67. The fourth-order valence-electron chi connectivity index (χ4n) is 4.91. The summed E-state index contributed by atoms with van der Waals surface area (Å²) in [5.74, 6) is -1.77. The Hall–Kier alpha value is -2.39. The molecule has 0 spiro atoms.